The number of likely N-dealkylation sites (N-methyl/N-ethyl adjacent to an activating group) is 1. The monoisotopic (exact) mass is 372 g/mol. The molecule has 0 radical (unpaired) electrons. The maximum atomic E-state index is 12.3. The van der Waals surface area contributed by atoms with Crippen LogP contribution in [0.2, 0.25) is 0 Å². The third kappa shape index (κ3) is 5.00. The van der Waals surface area contributed by atoms with E-state index in [4.69, 9.17) is 0 Å². The number of anilines is 1. The number of rotatable bonds is 6. The van der Waals surface area contributed by atoms with Crippen molar-refractivity contribution >= 4 is 23.2 Å². The van der Waals surface area contributed by atoms with Gasteiger partial charge in [0, 0.05) is 24.9 Å². The normalized spacial score (nSPS) is 10.3. The van der Waals surface area contributed by atoms with E-state index < -0.39 is 22.9 Å². The summed E-state index contributed by atoms with van der Waals surface area (Å²) in [5.74, 6) is -0.899. The highest BCUT2D eigenvalue weighted by Gasteiger charge is 2.17. The number of aryl methyl sites for hydroxylation is 2. The summed E-state index contributed by atoms with van der Waals surface area (Å²) in [5.41, 5.74) is 1.67. The smallest absolute Gasteiger partial charge is 0.285 e. The number of nitrogens with one attached hydrogen (secondary N) is 1. The molecule has 0 aliphatic heterocycles. The number of amides is 2. The second-order valence-electron chi connectivity index (χ2n) is 6.18. The van der Waals surface area contributed by atoms with Gasteiger partial charge in [0.25, 0.3) is 11.2 Å². The summed E-state index contributed by atoms with van der Waals surface area (Å²) >= 11 is 0. The van der Waals surface area contributed by atoms with Crippen molar-refractivity contribution in [2.75, 3.05) is 18.9 Å². The van der Waals surface area contributed by atoms with Crippen LogP contribution in [0.1, 0.15) is 11.1 Å². The molecule has 1 heterocycles. The van der Waals surface area contributed by atoms with E-state index in [0.29, 0.717) is 5.69 Å². The number of hydrogen-bond donors (Lipinski definition) is 1. The zero-order valence-electron chi connectivity index (χ0n) is 15.3. The molecule has 0 atom stereocenters. The highest BCUT2D eigenvalue weighted by atomic mass is 16.6. The molecule has 0 unspecified atom stereocenters. The Hall–Kier alpha value is -3.49. The fourth-order valence-corrected chi connectivity index (χ4v) is 2.51. The molecule has 2 aromatic rings. The molecule has 0 aliphatic rings. The summed E-state index contributed by atoms with van der Waals surface area (Å²) in [7, 11) is 1.43. The maximum Gasteiger partial charge on any atom is 0.285 e. The lowest BCUT2D eigenvalue weighted by Crippen LogP contribution is -2.38. The number of benzene rings is 1. The van der Waals surface area contributed by atoms with Crippen LogP contribution in [0.3, 0.4) is 0 Å². The molecule has 1 aromatic heterocycles. The largest absolute Gasteiger partial charge is 0.335 e. The van der Waals surface area contributed by atoms with Gasteiger partial charge in [0.15, 0.2) is 0 Å². The quantitative estimate of drug-likeness (QED) is 0.609. The lowest BCUT2D eigenvalue weighted by molar-refractivity contribution is -0.385. The maximum absolute atomic E-state index is 12.3. The van der Waals surface area contributed by atoms with Gasteiger partial charge in [-0.25, -0.2) is 0 Å². The average molecular weight is 372 g/mol. The second kappa shape index (κ2) is 8.26. The van der Waals surface area contributed by atoms with Gasteiger partial charge in [-0.05, 0) is 25.0 Å². The molecule has 1 aromatic carbocycles. The van der Waals surface area contributed by atoms with Crippen molar-refractivity contribution in [3.8, 4) is 0 Å². The fraction of sp³-hybridized carbons (Fsp3) is 0.278. The molecule has 0 aliphatic carbocycles. The first kappa shape index (κ1) is 19.8. The van der Waals surface area contributed by atoms with E-state index in [1.54, 1.807) is 0 Å². The molecular formula is C18H20N4O5. The fourth-order valence-electron chi connectivity index (χ4n) is 2.51. The zero-order valence-corrected chi connectivity index (χ0v) is 15.3. The predicted octanol–water partition coefficient (Wildman–Crippen LogP) is 1.47. The van der Waals surface area contributed by atoms with Gasteiger partial charge in [0.05, 0.1) is 17.7 Å². The number of aromatic nitrogens is 1. The Morgan fingerprint density at radius 3 is 2.41 bits per heavy atom. The van der Waals surface area contributed by atoms with Crippen LogP contribution in [0.25, 0.3) is 0 Å². The number of para-hydroxylation sites is 1. The summed E-state index contributed by atoms with van der Waals surface area (Å²) in [6.45, 7) is 3.13. The molecule has 0 saturated carbocycles. The molecule has 2 amide bonds. The standard InChI is InChI=1S/C18H20N4O5/c1-12-5-4-6-13(2)18(12)19-15(23)10-20(3)17(25)11-21-9-14(22(26)27)7-8-16(21)24/h4-9H,10-11H2,1-3H3,(H,19,23). The van der Waals surface area contributed by atoms with Gasteiger partial charge in [-0.2, -0.15) is 0 Å². The van der Waals surface area contributed by atoms with Crippen molar-refractivity contribution in [3.63, 3.8) is 0 Å². The van der Waals surface area contributed by atoms with Crippen molar-refractivity contribution in [3.05, 3.63) is 68.1 Å². The second-order valence-corrected chi connectivity index (χ2v) is 6.18. The summed E-state index contributed by atoms with van der Waals surface area (Å²) in [6, 6.07) is 7.72. The number of carbonyl (C=O) groups is 2. The first-order valence-corrected chi connectivity index (χ1v) is 8.14. The molecule has 1 N–H and O–H groups in total. The van der Waals surface area contributed by atoms with Crippen LogP contribution in [0.15, 0.2) is 41.3 Å². The minimum Gasteiger partial charge on any atom is -0.335 e. The Bertz CT molecular complexity index is 931. The van der Waals surface area contributed by atoms with E-state index in [2.05, 4.69) is 5.32 Å². The van der Waals surface area contributed by atoms with Crippen LogP contribution < -0.4 is 10.9 Å². The summed E-state index contributed by atoms with van der Waals surface area (Å²) < 4.78 is 0.945. The van der Waals surface area contributed by atoms with Crippen molar-refractivity contribution in [2.24, 2.45) is 0 Å². The molecule has 9 heteroatoms. The Morgan fingerprint density at radius 2 is 1.81 bits per heavy atom. The number of pyridine rings is 1. The van der Waals surface area contributed by atoms with Gasteiger partial charge in [-0.1, -0.05) is 18.2 Å². The highest BCUT2D eigenvalue weighted by molar-refractivity contribution is 5.95. The average Bonchev–Trinajstić information content (AvgIpc) is 2.59. The first-order chi connectivity index (χ1) is 12.7. The van der Waals surface area contributed by atoms with Crippen LogP contribution in [-0.2, 0) is 16.1 Å². The van der Waals surface area contributed by atoms with E-state index in [-0.39, 0.29) is 18.1 Å². The van der Waals surface area contributed by atoms with Gasteiger partial charge >= 0.3 is 0 Å². The third-order valence-corrected chi connectivity index (χ3v) is 4.04. The molecular weight excluding hydrogens is 352 g/mol. The number of carbonyl (C=O) groups excluding carboxylic acids is 2. The van der Waals surface area contributed by atoms with E-state index in [9.17, 15) is 24.5 Å². The van der Waals surface area contributed by atoms with Gasteiger partial charge in [-0.15, -0.1) is 0 Å². The van der Waals surface area contributed by atoms with Gasteiger partial charge in [0.1, 0.15) is 6.54 Å². The molecule has 27 heavy (non-hydrogen) atoms. The molecule has 9 nitrogen and oxygen atoms in total. The van der Waals surface area contributed by atoms with Gasteiger partial charge in [0.2, 0.25) is 11.8 Å². The Morgan fingerprint density at radius 1 is 1.19 bits per heavy atom. The molecule has 0 bridgehead atoms. The lowest BCUT2D eigenvalue weighted by Gasteiger charge is -2.18. The Labute approximate surface area is 155 Å². The van der Waals surface area contributed by atoms with Crippen LogP contribution in [0, 0.1) is 24.0 Å². The van der Waals surface area contributed by atoms with Crippen LogP contribution >= 0.6 is 0 Å². The number of hydrogen-bond acceptors (Lipinski definition) is 5. The van der Waals surface area contributed by atoms with Crippen molar-refractivity contribution in [1.29, 1.82) is 0 Å². The van der Waals surface area contributed by atoms with Gasteiger partial charge < -0.3 is 10.2 Å². The highest BCUT2D eigenvalue weighted by Crippen LogP contribution is 2.19. The van der Waals surface area contributed by atoms with Crippen LogP contribution in [0.5, 0.6) is 0 Å². The molecule has 0 fully saturated rings. The van der Waals surface area contributed by atoms with Crippen LogP contribution in [0.4, 0.5) is 11.4 Å². The van der Waals surface area contributed by atoms with E-state index in [0.717, 1.165) is 38.9 Å². The first-order valence-electron chi connectivity index (χ1n) is 8.14. The molecule has 0 saturated heterocycles. The van der Waals surface area contributed by atoms with Crippen LogP contribution in [-0.4, -0.2) is 39.8 Å². The van der Waals surface area contributed by atoms with E-state index in [1.807, 2.05) is 32.0 Å². The van der Waals surface area contributed by atoms with E-state index >= 15 is 0 Å². The summed E-state index contributed by atoms with van der Waals surface area (Å²) in [6.07, 6.45) is 1.00. The van der Waals surface area contributed by atoms with Crippen molar-refractivity contribution in [1.82, 2.24) is 9.47 Å². The Balaban J connectivity index is 2.03. The summed E-state index contributed by atoms with van der Waals surface area (Å²) in [5, 5.41) is 13.6. The minimum atomic E-state index is -0.651. The van der Waals surface area contributed by atoms with Gasteiger partial charge in [-0.3, -0.25) is 29.1 Å². The minimum absolute atomic E-state index is 0.212. The third-order valence-electron chi connectivity index (χ3n) is 4.04. The topological polar surface area (TPSA) is 115 Å². The zero-order chi connectivity index (χ0) is 20.1. The van der Waals surface area contributed by atoms with Crippen molar-refractivity contribution in [2.45, 2.75) is 20.4 Å². The molecule has 0 spiro atoms. The number of nitrogens with zero attached hydrogens (tertiary/aromatic N) is 3. The SMILES string of the molecule is Cc1cccc(C)c1NC(=O)CN(C)C(=O)Cn1cc([N+](=O)[O-])ccc1=O. The van der Waals surface area contributed by atoms with Crippen molar-refractivity contribution < 1.29 is 14.5 Å². The summed E-state index contributed by atoms with van der Waals surface area (Å²) in [4.78, 5) is 47.6. The lowest BCUT2D eigenvalue weighted by atomic mass is 10.1. The molecule has 142 valence electrons. The van der Waals surface area contributed by atoms with E-state index in [1.165, 1.54) is 7.05 Å². The number of nitro groups is 1. The predicted molar refractivity (Wildman–Crippen MR) is 99.5 cm³/mol. The Kier molecular flexibility index (Phi) is 6.07. The molecule has 2 rings (SSSR count).